The molecule has 0 aliphatic rings. The third-order valence-corrected chi connectivity index (χ3v) is 4.41. The normalized spacial score (nSPS) is 11.2. The van der Waals surface area contributed by atoms with Crippen molar-refractivity contribution in [1.29, 1.82) is 0 Å². The van der Waals surface area contributed by atoms with E-state index in [4.69, 9.17) is 0 Å². The first kappa shape index (κ1) is 21.9. The van der Waals surface area contributed by atoms with Gasteiger partial charge in [0.1, 0.15) is 5.75 Å². The molecule has 31 heavy (non-hydrogen) atoms. The van der Waals surface area contributed by atoms with Crippen LogP contribution in [0.25, 0.3) is 5.69 Å². The Bertz CT molecular complexity index is 1090. The summed E-state index contributed by atoms with van der Waals surface area (Å²) in [6, 6.07) is 12.1. The number of carbonyl (C=O) groups excluding carboxylic acids is 2. The minimum Gasteiger partial charge on any atom is -0.507 e. The van der Waals surface area contributed by atoms with Crippen LogP contribution in [0.2, 0.25) is 0 Å². The molecule has 3 N–H and O–H groups in total. The van der Waals surface area contributed by atoms with E-state index in [0.717, 1.165) is 11.8 Å². The van der Waals surface area contributed by atoms with Gasteiger partial charge >= 0.3 is 6.18 Å². The second-order valence-corrected chi connectivity index (χ2v) is 6.68. The van der Waals surface area contributed by atoms with Crippen molar-refractivity contribution in [3.05, 3.63) is 77.1 Å². The molecule has 0 saturated carbocycles. The van der Waals surface area contributed by atoms with Crippen LogP contribution in [0.4, 0.5) is 13.2 Å². The van der Waals surface area contributed by atoms with Crippen LogP contribution in [0.3, 0.4) is 0 Å². The van der Waals surface area contributed by atoms with Crippen molar-refractivity contribution in [2.75, 3.05) is 13.1 Å². The van der Waals surface area contributed by atoms with E-state index in [1.54, 1.807) is 31.2 Å². The monoisotopic (exact) mass is 432 g/mol. The van der Waals surface area contributed by atoms with Crippen LogP contribution in [0.15, 0.2) is 54.7 Å². The fraction of sp³-hybridized carbons (Fsp3) is 0.190. The summed E-state index contributed by atoms with van der Waals surface area (Å²) in [6.45, 7) is 1.63. The Balaban J connectivity index is 1.68. The number of alkyl halides is 3. The summed E-state index contributed by atoms with van der Waals surface area (Å²) in [5.74, 6) is -1.75. The fourth-order valence-electron chi connectivity index (χ4n) is 2.88. The molecular weight excluding hydrogens is 413 g/mol. The van der Waals surface area contributed by atoms with Gasteiger partial charge in [0.2, 0.25) is 0 Å². The summed E-state index contributed by atoms with van der Waals surface area (Å²) >= 11 is 0. The summed E-state index contributed by atoms with van der Waals surface area (Å²) in [7, 11) is 0. The minimum absolute atomic E-state index is 0.0487. The van der Waals surface area contributed by atoms with Gasteiger partial charge in [0.05, 0.1) is 23.0 Å². The zero-order valence-corrected chi connectivity index (χ0v) is 16.4. The zero-order chi connectivity index (χ0) is 22.6. The van der Waals surface area contributed by atoms with Gasteiger partial charge < -0.3 is 15.7 Å². The number of nitrogens with one attached hydrogen (secondary N) is 2. The summed E-state index contributed by atoms with van der Waals surface area (Å²) < 4.78 is 41.7. The lowest BCUT2D eigenvalue weighted by Gasteiger charge is -2.13. The quantitative estimate of drug-likeness (QED) is 0.522. The largest absolute Gasteiger partial charge is 0.507 e. The van der Waals surface area contributed by atoms with Gasteiger partial charge in [-0.25, -0.2) is 4.68 Å². The van der Waals surface area contributed by atoms with Crippen LogP contribution in [0.5, 0.6) is 5.75 Å². The number of amides is 2. The standard InChI is InChI=1S/C21H19F3N4O3/c1-13-6-8-14(9-7-13)28-18(21(22,23)24)16(12-27-28)20(31)26-11-10-25-19(30)15-4-2-3-5-17(15)29/h2-9,12,29H,10-11H2,1H3,(H,25,30)(H,26,31). The van der Waals surface area contributed by atoms with Crippen molar-refractivity contribution in [2.24, 2.45) is 0 Å². The molecule has 3 rings (SSSR count). The van der Waals surface area contributed by atoms with Crippen molar-refractivity contribution in [2.45, 2.75) is 13.1 Å². The van der Waals surface area contributed by atoms with E-state index in [2.05, 4.69) is 15.7 Å². The first-order valence-corrected chi connectivity index (χ1v) is 9.25. The lowest BCUT2D eigenvalue weighted by Crippen LogP contribution is -2.35. The Hall–Kier alpha value is -3.82. The maximum atomic E-state index is 13.7. The van der Waals surface area contributed by atoms with Gasteiger partial charge in [-0.05, 0) is 31.2 Å². The number of hydrogen-bond acceptors (Lipinski definition) is 4. The molecule has 2 amide bonds. The minimum atomic E-state index is -4.81. The van der Waals surface area contributed by atoms with E-state index in [1.807, 2.05) is 0 Å². The second-order valence-electron chi connectivity index (χ2n) is 6.68. The second kappa shape index (κ2) is 8.90. The highest BCUT2D eigenvalue weighted by Crippen LogP contribution is 2.33. The number of nitrogens with zero attached hydrogens (tertiary/aromatic N) is 2. The molecule has 7 nitrogen and oxygen atoms in total. The number of carbonyl (C=O) groups is 2. The van der Waals surface area contributed by atoms with E-state index >= 15 is 0 Å². The molecule has 0 unspecified atom stereocenters. The van der Waals surface area contributed by atoms with Crippen LogP contribution in [0, 0.1) is 6.92 Å². The molecule has 0 radical (unpaired) electrons. The Labute approximate surface area is 175 Å². The SMILES string of the molecule is Cc1ccc(-n2ncc(C(=O)NCCNC(=O)c3ccccc3O)c2C(F)(F)F)cc1. The van der Waals surface area contributed by atoms with Crippen molar-refractivity contribution in [3.63, 3.8) is 0 Å². The van der Waals surface area contributed by atoms with Crippen molar-refractivity contribution in [3.8, 4) is 11.4 Å². The van der Waals surface area contributed by atoms with Crippen molar-refractivity contribution >= 4 is 11.8 Å². The van der Waals surface area contributed by atoms with Gasteiger partial charge in [-0.2, -0.15) is 18.3 Å². The highest BCUT2D eigenvalue weighted by atomic mass is 19.4. The average molecular weight is 432 g/mol. The lowest BCUT2D eigenvalue weighted by molar-refractivity contribution is -0.143. The number of aromatic hydroxyl groups is 1. The van der Waals surface area contributed by atoms with Gasteiger partial charge in [0.25, 0.3) is 11.8 Å². The fourth-order valence-corrected chi connectivity index (χ4v) is 2.88. The van der Waals surface area contributed by atoms with E-state index in [-0.39, 0.29) is 30.1 Å². The molecule has 0 spiro atoms. The summed E-state index contributed by atoms with van der Waals surface area (Å²) in [6.07, 6.45) is -3.95. The lowest BCUT2D eigenvalue weighted by atomic mass is 10.2. The number of aryl methyl sites for hydroxylation is 1. The van der Waals surface area contributed by atoms with Gasteiger partial charge in [-0.1, -0.05) is 29.8 Å². The average Bonchev–Trinajstić information content (AvgIpc) is 3.17. The first-order valence-electron chi connectivity index (χ1n) is 9.25. The number of hydrogen-bond donors (Lipinski definition) is 3. The molecule has 3 aromatic rings. The molecule has 2 aromatic carbocycles. The van der Waals surface area contributed by atoms with Crippen LogP contribution < -0.4 is 10.6 Å². The number of benzene rings is 2. The molecule has 0 aliphatic carbocycles. The smallest absolute Gasteiger partial charge is 0.434 e. The van der Waals surface area contributed by atoms with E-state index in [0.29, 0.717) is 4.68 Å². The highest BCUT2D eigenvalue weighted by Gasteiger charge is 2.40. The van der Waals surface area contributed by atoms with Crippen molar-refractivity contribution in [1.82, 2.24) is 20.4 Å². The Kier molecular flexibility index (Phi) is 6.28. The van der Waals surface area contributed by atoms with E-state index in [1.165, 1.54) is 24.3 Å². The molecule has 10 heteroatoms. The van der Waals surface area contributed by atoms with E-state index in [9.17, 15) is 27.9 Å². The van der Waals surface area contributed by atoms with Gasteiger partial charge in [-0.3, -0.25) is 9.59 Å². The van der Waals surface area contributed by atoms with Gasteiger partial charge in [0, 0.05) is 13.1 Å². The molecule has 0 fully saturated rings. The van der Waals surface area contributed by atoms with Gasteiger partial charge in [-0.15, -0.1) is 0 Å². The number of phenolic OH excluding ortho intramolecular Hbond substituents is 1. The third-order valence-electron chi connectivity index (χ3n) is 4.41. The summed E-state index contributed by atoms with van der Waals surface area (Å²) in [5, 5.41) is 18.2. The number of phenols is 1. The van der Waals surface area contributed by atoms with Crippen LogP contribution in [-0.2, 0) is 6.18 Å². The number of halogens is 3. The van der Waals surface area contributed by atoms with Crippen LogP contribution in [-0.4, -0.2) is 39.8 Å². The third kappa shape index (κ3) is 5.03. The van der Waals surface area contributed by atoms with Crippen molar-refractivity contribution < 1.29 is 27.9 Å². The predicted octanol–water partition coefficient (Wildman–Crippen LogP) is 3.06. The molecule has 0 saturated heterocycles. The predicted molar refractivity (Wildman–Crippen MR) is 106 cm³/mol. The Morgan fingerprint density at radius 3 is 2.13 bits per heavy atom. The molecule has 1 aromatic heterocycles. The first-order chi connectivity index (χ1) is 14.7. The Morgan fingerprint density at radius 1 is 0.968 bits per heavy atom. The van der Waals surface area contributed by atoms with Crippen LogP contribution in [0.1, 0.15) is 32.0 Å². The number of para-hydroxylation sites is 1. The summed E-state index contributed by atoms with van der Waals surface area (Å²) in [4.78, 5) is 24.4. The van der Waals surface area contributed by atoms with Crippen LogP contribution >= 0.6 is 0 Å². The molecule has 0 atom stereocenters. The molecular formula is C21H19F3N4O3. The molecule has 0 aliphatic heterocycles. The Morgan fingerprint density at radius 2 is 1.55 bits per heavy atom. The topological polar surface area (TPSA) is 96.3 Å². The molecule has 0 bridgehead atoms. The maximum absolute atomic E-state index is 13.7. The molecule has 162 valence electrons. The molecule has 1 heterocycles. The highest BCUT2D eigenvalue weighted by molar-refractivity contribution is 5.97. The maximum Gasteiger partial charge on any atom is 0.434 e. The van der Waals surface area contributed by atoms with Gasteiger partial charge in [0.15, 0.2) is 5.69 Å². The number of aromatic nitrogens is 2. The van der Waals surface area contributed by atoms with E-state index < -0.39 is 29.2 Å². The zero-order valence-electron chi connectivity index (χ0n) is 16.4. The summed E-state index contributed by atoms with van der Waals surface area (Å²) in [5.41, 5.74) is -0.722. The number of rotatable bonds is 6.